The Labute approximate surface area is 110 Å². The molecule has 94 valence electrons. The highest BCUT2D eigenvalue weighted by Gasteiger charge is 2.10. The zero-order valence-electron chi connectivity index (χ0n) is 10.3. The molecule has 0 unspecified atom stereocenters. The molecule has 0 N–H and O–H groups in total. The summed E-state index contributed by atoms with van der Waals surface area (Å²) in [6, 6.07) is 3.93. The SMILES string of the molecule is CCOC(=O)Cc1csc(-c2ccc(C)cn2)n1. The molecule has 0 spiro atoms. The minimum Gasteiger partial charge on any atom is -0.466 e. The van der Waals surface area contributed by atoms with Crippen molar-refractivity contribution in [3.05, 3.63) is 35.0 Å². The van der Waals surface area contributed by atoms with Crippen LogP contribution in [0, 0.1) is 6.92 Å². The highest BCUT2D eigenvalue weighted by Crippen LogP contribution is 2.22. The van der Waals surface area contributed by atoms with E-state index >= 15 is 0 Å². The van der Waals surface area contributed by atoms with Crippen LogP contribution in [0.2, 0.25) is 0 Å². The van der Waals surface area contributed by atoms with E-state index in [0.29, 0.717) is 6.61 Å². The van der Waals surface area contributed by atoms with E-state index in [9.17, 15) is 4.79 Å². The lowest BCUT2D eigenvalue weighted by atomic mass is 10.3. The quantitative estimate of drug-likeness (QED) is 0.795. The fourth-order valence-corrected chi connectivity index (χ4v) is 2.26. The van der Waals surface area contributed by atoms with Crippen molar-refractivity contribution in [2.75, 3.05) is 6.61 Å². The molecule has 2 rings (SSSR count). The maximum absolute atomic E-state index is 11.3. The van der Waals surface area contributed by atoms with Gasteiger partial charge in [0.15, 0.2) is 0 Å². The average Bonchev–Trinajstić information content (AvgIpc) is 2.78. The molecule has 0 saturated heterocycles. The zero-order valence-corrected chi connectivity index (χ0v) is 11.2. The van der Waals surface area contributed by atoms with Crippen molar-refractivity contribution in [1.82, 2.24) is 9.97 Å². The molecule has 0 amide bonds. The van der Waals surface area contributed by atoms with Crippen LogP contribution in [0.15, 0.2) is 23.7 Å². The number of carbonyl (C=O) groups is 1. The van der Waals surface area contributed by atoms with E-state index in [2.05, 4.69) is 9.97 Å². The van der Waals surface area contributed by atoms with Gasteiger partial charge >= 0.3 is 5.97 Å². The minimum absolute atomic E-state index is 0.218. The highest BCUT2D eigenvalue weighted by atomic mass is 32.1. The van der Waals surface area contributed by atoms with Crippen molar-refractivity contribution in [3.63, 3.8) is 0 Å². The third kappa shape index (κ3) is 3.13. The molecular formula is C13H14N2O2S. The lowest BCUT2D eigenvalue weighted by Gasteiger charge is -1.98. The Kier molecular flexibility index (Phi) is 4.04. The second-order valence-corrected chi connectivity index (χ2v) is 4.70. The van der Waals surface area contributed by atoms with Crippen molar-refractivity contribution < 1.29 is 9.53 Å². The smallest absolute Gasteiger partial charge is 0.311 e. The number of nitrogens with zero attached hydrogens (tertiary/aromatic N) is 2. The van der Waals surface area contributed by atoms with E-state index in [-0.39, 0.29) is 12.4 Å². The first-order chi connectivity index (χ1) is 8.69. The van der Waals surface area contributed by atoms with E-state index in [1.165, 1.54) is 11.3 Å². The average molecular weight is 262 g/mol. The second-order valence-electron chi connectivity index (χ2n) is 3.85. The summed E-state index contributed by atoms with van der Waals surface area (Å²) >= 11 is 1.49. The highest BCUT2D eigenvalue weighted by molar-refractivity contribution is 7.13. The van der Waals surface area contributed by atoms with Gasteiger partial charge in [0.2, 0.25) is 0 Å². The van der Waals surface area contributed by atoms with Crippen LogP contribution >= 0.6 is 11.3 Å². The molecule has 18 heavy (non-hydrogen) atoms. The van der Waals surface area contributed by atoms with Crippen molar-refractivity contribution in [1.29, 1.82) is 0 Å². The van der Waals surface area contributed by atoms with Crippen molar-refractivity contribution in [2.24, 2.45) is 0 Å². The van der Waals surface area contributed by atoms with Gasteiger partial charge in [-0.3, -0.25) is 9.78 Å². The zero-order chi connectivity index (χ0) is 13.0. The van der Waals surface area contributed by atoms with Crippen molar-refractivity contribution in [3.8, 4) is 10.7 Å². The fraction of sp³-hybridized carbons (Fsp3) is 0.308. The second kappa shape index (κ2) is 5.73. The Morgan fingerprint density at radius 2 is 2.28 bits per heavy atom. The molecule has 2 aromatic rings. The lowest BCUT2D eigenvalue weighted by molar-refractivity contribution is -0.142. The van der Waals surface area contributed by atoms with E-state index in [4.69, 9.17) is 4.74 Å². The summed E-state index contributed by atoms with van der Waals surface area (Å²) in [5, 5.41) is 2.70. The molecule has 0 aliphatic rings. The summed E-state index contributed by atoms with van der Waals surface area (Å²) in [6.07, 6.45) is 2.03. The molecular weight excluding hydrogens is 248 g/mol. The number of hydrogen-bond donors (Lipinski definition) is 0. The number of ether oxygens (including phenoxy) is 1. The molecule has 0 saturated carbocycles. The van der Waals surface area contributed by atoms with Gasteiger partial charge in [-0.25, -0.2) is 4.98 Å². The summed E-state index contributed by atoms with van der Waals surface area (Å²) < 4.78 is 4.89. The topological polar surface area (TPSA) is 52.1 Å². The number of esters is 1. The summed E-state index contributed by atoms with van der Waals surface area (Å²) in [6.45, 7) is 4.18. The third-order valence-corrected chi connectivity index (χ3v) is 3.23. The number of aryl methyl sites for hydroxylation is 1. The molecule has 0 aromatic carbocycles. The van der Waals surface area contributed by atoms with Gasteiger partial charge in [-0.05, 0) is 25.5 Å². The normalized spacial score (nSPS) is 10.3. The molecule has 0 atom stereocenters. The summed E-state index contributed by atoms with van der Waals surface area (Å²) in [4.78, 5) is 20.0. The number of thiazole rings is 1. The Bertz CT molecular complexity index is 534. The maximum atomic E-state index is 11.3. The Morgan fingerprint density at radius 3 is 2.94 bits per heavy atom. The van der Waals surface area contributed by atoms with Gasteiger partial charge < -0.3 is 4.74 Å². The van der Waals surface area contributed by atoms with Gasteiger partial charge in [-0.15, -0.1) is 11.3 Å². The van der Waals surface area contributed by atoms with E-state index in [1.807, 2.05) is 30.6 Å². The summed E-state index contributed by atoms with van der Waals surface area (Å²) in [5.74, 6) is -0.244. The van der Waals surface area contributed by atoms with E-state index in [1.54, 1.807) is 6.92 Å². The van der Waals surface area contributed by atoms with Crippen LogP contribution in [0.5, 0.6) is 0 Å². The predicted molar refractivity (Wildman–Crippen MR) is 70.4 cm³/mol. The molecule has 0 fully saturated rings. The summed E-state index contributed by atoms with van der Waals surface area (Å²) in [5.41, 5.74) is 2.68. The van der Waals surface area contributed by atoms with Crippen LogP contribution in [0.4, 0.5) is 0 Å². The largest absolute Gasteiger partial charge is 0.466 e. The number of pyridine rings is 1. The number of carbonyl (C=O) groups excluding carboxylic acids is 1. The Balaban J connectivity index is 2.10. The van der Waals surface area contributed by atoms with Crippen LogP contribution < -0.4 is 0 Å². The van der Waals surface area contributed by atoms with Crippen molar-refractivity contribution >= 4 is 17.3 Å². The molecule has 2 aromatic heterocycles. The Morgan fingerprint density at radius 1 is 1.44 bits per heavy atom. The van der Waals surface area contributed by atoms with Gasteiger partial charge in [0.05, 0.1) is 24.4 Å². The molecule has 2 heterocycles. The third-order valence-electron chi connectivity index (χ3n) is 2.31. The van der Waals surface area contributed by atoms with Crippen LogP contribution in [0.25, 0.3) is 10.7 Å². The number of rotatable bonds is 4. The first-order valence-corrected chi connectivity index (χ1v) is 6.60. The van der Waals surface area contributed by atoms with Gasteiger partial charge in [-0.2, -0.15) is 0 Å². The Hall–Kier alpha value is -1.75. The molecule has 0 aliphatic heterocycles. The molecule has 0 bridgehead atoms. The first-order valence-electron chi connectivity index (χ1n) is 5.72. The van der Waals surface area contributed by atoms with Gasteiger partial charge in [0.1, 0.15) is 5.01 Å². The number of aromatic nitrogens is 2. The monoisotopic (exact) mass is 262 g/mol. The standard InChI is InChI=1S/C13H14N2O2S/c1-3-17-12(16)6-10-8-18-13(15-10)11-5-4-9(2)7-14-11/h4-5,7-8H,3,6H2,1-2H3. The number of hydrogen-bond acceptors (Lipinski definition) is 5. The van der Waals surface area contributed by atoms with Crippen LogP contribution in [0.3, 0.4) is 0 Å². The fourth-order valence-electron chi connectivity index (χ4n) is 1.46. The molecule has 4 nitrogen and oxygen atoms in total. The van der Waals surface area contributed by atoms with E-state index < -0.39 is 0 Å². The van der Waals surface area contributed by atoms with Crippen LogP contribution in [0.1, 0.15) is 18.2 Å². The van der Waals surface area contributed by atoms with Gasteiger partial charge in [-0.1, -0.05) is 6.07 Å². The summed E-state index contributed by atoms with van der Waals surface area (Å²) in [7, 11) is 0. The lowest BCUT2D eigenvalue weighted by Crippen LogP contribution is -2.07. The first kappa shape index (κ1) is 12.7. The molecule has 0 radical (unpaired) electrons. The predicted octanol–water partition coefficient (Wildman–Crippen LogP) is 2.62. The van der Waals surface area contributed by atoms with E-state index in [0.717, 1.165) is 22.0 Å². The minimum atomic E-state index is -0.244. The van der Waals surface area contributed by atoms with Crippen LogP contribution in [-0.2, 0) is 16.0 Å². The molecule has 0 aliphatic carbocycles. The van der Waals surface area contributed by atoms with Crippen molar-refractivity contribution in [2.45, 2.75) is 20.3 Å². The van der Waals surface area contributed by atoms with Gasteiger partial charge in [0.25, 0.3) is 0 Å². The van der Waals surface area contributed by atoms with Gasteiger partial charge in [0, 0.05) is 11.6 Å². The van der Waals surface area contributed by atoms with Crippen LogP contribution in [-0.4, -0.2) is 22.5 Å². The molecule has 5 heteroatoms. The maximum Gasteiger partial charge on any atom is 0.311 e.